The van der Waals surface area contributed by atoms with Gasteiger partial charge in [0, 0.05) is 12.6 Å². The predicted molar refractivity (Wildman–Crippen MR) is 76.3 cm³/mol. The summed E-state index contributed by atoms with van der Waals surface area (Å²) in [5.74, 6) is 1.83. The second kappa shape index (κ2) is 6.30. The summed E-state index contributed by atoms with van der Waals surface area (Å²) in [5.41, 5.74) is 0.445. The molecule has 1 atom stereocenters. The Balaban J connectivity index is 2.63. The van der Waals surface area contributed by atoms with E-state index >= 15 is 0 Å². The third kappa shape index (κ3) is 3.16. The number of rotatable bonds is 6. The highest BCUT2D eigenvalue weighted by atomic mass is 32.1. The molecule has 1 rings (SSSR count). The number of hydrogen-bond acceptors (Lipinski definition) is 2. The van der Waals surface area contributed by atoms with Gasteiger partial charge in [0.2, 0.25) is 0 Å². The fraction of sp³-hybridized carbons (Fsp3) is 1.00. The van der Waals surface area contributed by atoms with E-state index in [-0.39, 0.29) is 0 Å². The molecule has 0 aromatic rings. The zero-order chi connectivity index (χ0) is 12.2. The Morgan fingerprint density at radius 3 is 2.38 bits per heavy atom. The summed E-state index contributed by atoms with van der Waals surface area (Å²) in [7, 11) is 0. The topological polar surface area (TPSA) is 3.24 Å². The van der Waals surface area contributed by atoms with Crippen LogP contribution in [0.4, 0.5) is 0 Å². The van der Waals surface area contributed by atoms with E-state index in [0.29, 0.717) is 5.41 Å². The summed E-state index contributed by atoms with van der Waals surface area (Å²) in [4.78, 5) is 2.73. The van der Waals surface area contributed by atoms with Gasteiger partial charge in [-0.05, 0) is 49.3 Å². The van der Waals surface area contributed by atoms with E-state index in [9.17, 15) is 0 Å². The Kier molecular flexibility index (Phi) is 5.66. The Labute approximate surface area is 107 Å². The molecule has 0 aliphatic carbocycles. The molecule has 0 aromatic heterocycles. The molecule has 0 N–H and O–H groups in total. The molecule has 0 saturated carbocycles. The van der Waals surface area contributed by atoms with Crippen LogP contribution in [0.5, 0.6) is 0 Å². The maximum absolute atomic E-state index is 4.59. The number of nitrogens with zero attached hydrogens (tertiary/aromatic N) is 1. The molecular weight excluding hydrogens is 214 g/mol. The lowest BCUT2D eigenvalue weighted by molar-refractivity contribution is 0.125. The predicted octanol–water partition coefficient (Wildman–Crippen LogP) is 3.84. The summed E-state index contributed by atoms with van der Waals surface area (Å²) in [6, 6.07) is 0.817. The second-order valence-electron chi connectivity index (χ2n) is 5.79. The van der Waals surface area contributed by atoms with Crippen LogP contribution in [-0.4, -0.2) is 29.8 Å². The van der Waals surface area contributed by atoms with Crippen LogP contribution in [0.25, 0.3) is 0 Å². The minimum Gasteiger partial charge on any atom is -0.300 e. The maximum atomic E-state index is 4.59. The van der Waals surface area contributed by atoms with Gasteiger partial charge in [0.15, 0.2) is 0 Å². The lowest BCUT2D eigenvalue weighted by Gasteiger charge is -2.38. The monoisotopic (exact) mass is 243 g/mol. The molecule has 96 valence electrons. The van der Waals surface area contributed by atoms with Gasteiger partial charge in [0.25, 0.3) is 0 Å². The first-order valence-corrected chi connectivity index (χ1v) is 7.56. The first-order chi connectivity index (χ1) is 7.58. The minimum atomic E-state index is 0.445. The molecule has 1 aliphatic rings. The molecule has 0 radical (unpaired) electrons. The Hall–Kier alpha value is 0.310. The lowest BCUT2D eigenvalue weighted by Crippen LogP contribution is -2.42. The van der Waals surface area contributed by atoms with E-state index in [1.165, 1.54) is 38.8 Å². The van der Waals surface area contributed by atoms with Crippen molar-refractivity contribution >= 4 is 12.6 Å². The van der Waals surface area contributed by atoms with E-state index in [1.807, 2.05) is 0 Å². The molecule has 0 spiro atoms. The standard InChI is InChI=1S/C14H29NS/c1-5-14(6-2,11-16)10-15-9-7-8-13(15)12(3)4/h12-13,16H,5-11H2,1-4H3. The number of hydrogen-bond donors (Lipinski definition) is 1. The lowest BCUT2D eigenvalue weighted by atomic mass is 9.83. The van der Waals surface area contributed by atoms with E-state index in [0.717, 1.165) is 17.7 Å². The SMILES string of the molecule is CCC(CC)(CS)CN1CCCC1C(C)C. The van der Waals surface area contributed by atoms with Crippen LogP contribution in [0.1, 0.15) is 53.4 Å². The van der Waals surface area contributed by atoms with E-state index in [1.54, 1.807) is 0 Å². The van der Waals surface area contributed by atoms with Crippen LogP contribution in [0, 0.1) is 11.3 Å². The van der Waals surface area contributed by atoms with Crippen molar-refractivity contribution in [3.05, 3.63) is 0 Å². The zero-order valence-electron chi connectivity index (χ0n) is 11.5. The van der Waals surface area contributed by atoms with Crippen LogP contribution in [0.2, 0.25) is 0 Å². The first-order valence-electron chi connectivity index (χ1n) is 6.93. The zero-order valence-corrected chi connectivity index (χ0v) is 12.4. The molecule has 1 fully saturated rings. The summed E-state index contributed by atoms with van der Waals surface area (Å²) < 4.78 is 0. The summed E-state index contributed by atoms with van der Waals surface area (Å²) in [6.45, 7) is 11.9. The van der Waals surface area contributed by atoms with Crippen molar-refractivity contribution in [2.45, 2.75) is 59.4 Å². The maximum Gasteiger partial charge on any atom is 0.0119 e. The van der Waals surface area contributed by atoms with E-state index in [2.05, 4.69) is 45.2 Å². The molecular formula is C14H29NS. The van der Waals surface area contributed by atoms with Crippen LogP contribution in [0.15, 0.2) is 0 Å². The van der Waals surface area contributed by atoms with Crippen molar-refractivity contribution < 1.29 is 0 Å². The molecule has 1 saturated heterocycles. The van der Waals surface area contributed by atoms with Crippen LogP contribution in [-0.2, 0) is 0 Å². The first kappa shape index (κ1) is 14.4. The molecule has 0 amide bonds. The van der Waals surface area contributed by atoms with Crippen molar-refractivity contribution in [3.8, 4) is 0 Å². The molecule has 0 aromatic carbocycles. The van der Waals surface area contributed by atoms with Crippen LogP contribution < -0.4 is 0 Å². The fourth-order valence-electron chi connectivity index (χ4n) is 2.98. The van der Waals surface area contributed by atoms with Crippen LogP contribution >= 0.6 is 12.6 Å². The number of thiol groups is 1. The van der Waals surface area contributed by atoms with Gasteiger partial charge in [0.1, 0.15) is 0 Å². The van der Waals surface area contributed by atoms with Gasteiger partial charge >= 0.3 is 0 Å². The average Bonchev–Trinajstić information content (AvgIpc) is 2.74. The highest BCUT2D eigenvalue weighted by Gasteiger charge is 2.33. The summed E-state index contributed by atoms with van der Waals surface area (Å²) >= 11 is 4.59. The van der Waals surface area contributed by atoms with Gasteiger partial charge in [0.05, 0.1) is 0 Å². The largest absolute Gasteiger partial charge is 0.300 e. The third-order valence-corrected chi connectivity index (χ3v) is 5.23. The highest BCUT2D eigenvalue weighted by Crippen LogP contribution is 2.33. The van der Waals surface area contributed by atoms with Crippen molar-refractivity contribution in [2.75, 3.05) is 18.8 Å². The van der Waals surface area contributed by atoms with Gasteiger partial charge in [-0.1, -0.05) is 27.7 Å². The summed E-state index contributed by atoms with van der Waals surface area (Å²) in [6.07, 6.45) is 5.30. The Bertz CT molecular complexity index is 191. The van der Waals surface area contributed by atoms with Crippen LogP contribution in [0.3, 0.4) is 0 Å². The van der Waals surface area contributed by atoms with Gasteiger partial charge < -0.3 is 0 Å². The third-order valence-electron chi connectivity index (χ3n) is 4.56. The number of likely N-dealkylation sites (tertiary alicyclic amines) is 1. The molecule has 1 aliphatic heterocycles. The van der Waals surface area contributed by atoms with E-state index < -0.39 is 0 Å². The molecule has 2 heteroatoms. The van der Waals surface area contributed by atoms with Crippen molar-refractivity contribution in [2.24, 2.45) is 11.3 Å². The summed E-state index contributed by atoms with van der Waals surface area (Å²) in [5, 5.41) is 0. The normalized spacial score (nSPS) is 23.2. The molecule has 16 heavy (non-hydrogen) atoms. The van der Waals surface area contributed by atoms with Crippen molar-refractivity contribution in [3.63, 3.8) is 0 Å². The quantitative estimate of drug-likeness (QED) is 0.694. The van der Waals surface area contributed by atoms with Gasteiger partial charge in [-0.2, -0.15) is 12.6 Å². The Morgan fingerprint density at radius 1 is 1.31 bits per heavy atom. The highest BCUT2D eigenvalue weighted by molar-refractivity contribution is 7.80. The minimum absolute atomic E-state index is 0.445. The molecule has 1 nitrogen and oxygen atoms in total. The van der Waals surface area contributed by atoms with Crippen molar-refractivity contribution in [1.82, 2.24) is 4.90 Å². The van der Waals surface area contributed by atoms with Gasteiger partial charge in [-0.3, -0.25) is 4.90 Å². The Morgan fingerprint density at radius 2 is 1.94 bits per heavy atom. The van der Waals surface area contributed by atoms with Crippen molar-refractivity contribution in [1.29, 1.82) is 0 Å². The second-order valence-corrected chi connectivity index (χ2v) is 6.11. The van der Waals surface area contributed by atoms with Gasteiger partial charge in [-0.25, -0.2) is 0 Å². The molecule has 0 bridgehead atoms. The molecule has 1 unspecified atom stereocenters. The van der Waals surface area contributed by atoms with E-state index in [4.69, 9.17) is 0 Å². The molecule has 1 heterocycles. The fourth-order valence-corrected chi connectivity index (χ4v) is 3.53. The average molecular weight is 243 g/mol. The van der Waals surface area contributed by atoms with Gasteiger partial charge in [-0.15, -0.1) is 0 Å². The smallest absolute Gasteiger partial charge is 0.0119 e.